The van der Waals surface area contributed by atoms with E-state index in [-0.39, 0.29) is 23.1 Å². The summed E-state index contributed by atoms with van der Waals surface area (Å²) in [6, 6.07) is 4.03. The first-order valence-corrected chi connectivity index (χ1v) is 10.6. The molecule has 5 nitrogen and oxygen atoms in total. The number of benzene rings is 1. The van der Waals surface area contributed by atoms with Crippen LogP contribution in [0.25, 0.3) is 0 Å². The molecular weight excluding hydrogens is 364 g/mol. The molecule has 1 aromatic rings. The highest BCUT2D eigenvalue weighted by molar-refractivity contribution is 6.32. The minimum atomic E-state index is -1.07. The van der Waals surface area contributed by atoms with Crippen LogP contribution in [0.1, 0.15) is 50.2 Å². The first-order valence-electron chi connectivity index (χ1n) is 10.2. The molecule has 1 aromatic carbocycles. The van der Waals surface area contributed by atoms with E-state index in [2.05, 4.69) is 4.90 Å². The van der Waals surface area contributed by atoms with Crippen LogP contribution in [-0.4, -0.2) is 64.2 Å². The van der Waals surface area contributed by atoms with E-state index in [4.69, 9.17) is 11.6 Å². The molecule has 27 heavy (non-hydrogen) atoms. The van der Waals surface area contributed by atoms with Crippen molar-refractivity contribution in [3.05, 3.63) is 28.3 Å². The Balaban J connectivity index is 1.54. The number of phenolic OH excluding ortho intramolecular Hbond substituents is 1. The summed E-state index contributed by atoms with van der Waals surface area (Å²) in [4.78, 5) is 17.0. The van der Waals surface area contributed by atoms with E-state index in [0.29, 0.717) is 25.6 Å². The molecule has 0 unspecified atom stereocenters. The van der Waals surface area contributed by atoms with Gasteiger partial charge in [-0.05, 0) is 62.4 Å². The minimum Gasteiger partial charge on any atom is -0.506 e. The Morgan fingerprint density at radius 2 is 1.85 bits per heavy atom. The predicted octanol–water partition coefficient (Wildman–Crippen LogP) is 2.99. The molecule has 0 aromatic heterocycles. The number of likely N-dealkylation sites (tertiary alicyclic amines) is 2. The van der Waals surface area contributed by atoms with Crippen LogP contribution in [0.2, 0.25) is 5.02 Å². The normalized spacial score (nSPS) is 20.6. The molecule has 2 fully saturated rings. The van der Waals surface area contributed by atoms with Gasteiger partial charge >= 0.3 is 0 Å². The molecule has 1 atom stereocenters. The van der Waals surface area contributed by atoms with Gasteiger partial charge < -0.3 is 20.0 Å². The van der Waals surface area contributed by atoms with E-state index in [9.17, 15) is 15.0 Å². The molecular formula is C21H31ClN2O3. The number of phenols is 1. The maximum Gasteiger partial charge on any atom is 0.251 e. The van der Waals surface area contributed by atoms with Crippen LogP contribution in [-0.2, 0) is 17.6 Å². The van der Waals surface area contributed by atoms with Crippen LogP contribution in [0, 0.1) is 0 Å². The largest absolute Gasteiger partial charge is 0.506 e. The van der Waals surface area contributed by atoms with Crippen LogP contribution in [0.3, 0.4) is 0 Å². The lowest BCUT2D eigenvalue weighted by Crippen LogP contribution is -2.50. The number of hydrogen-bond acceptors (Lipinski definition) is 4. The number of rotatable bonds is 5. The van der Waals surface area contributed by atoms with Crippen molar-refractivity contribution in [2.45, 2.75) is 64.0 Å². The smallest absolute Gasteiger partial charge is 0.251 e. The zero-order valence-electron chi connectivity index (χ0n) is 16.2. The number of carbonyl (C=O) groups excluding carboxylic acids is 1. The van der Waals surface area contributed by atoms with E-state index < -0.39 is 6.10 Å². The molecule has 2 aliphatic heterocycles. The van der Waals surface area contributed by atoms with Gasteiger partial charge in [0.25, 0.3) is 5.91 Å². The molecule has 150 valence electrons. The average Bonchev–Trinajstić information content (AvgIpc) is 2.70. The number of aliphatic hydroxyl groups is 1. The standard InChI is InChI=1S/C21H31ClN2O3/c1-2-16-12-15(13-18(22)20(16)26)14-19(25)21(27)24-10-6-17(7-11-24)23-8-4-3-5-9-23/h12-13,17,19,25-26H,2-11,14H2,1H3/t19-/m1/s1. The number of aliphatic hydroxyl groups excluding tert-OH is 1. The third kappa shape index (κ3) is 4.95. The predicted molar refractivity (Wildman–Crippen MR) is 107 cm³/mol. The number of aryl methyl sites for hydroxylation is 1. The van der Waals surface area contributed by atoms with E-state index >= 15 is 0 Å². The second-order valence-corrected chi connectivity index (χ2v) is 8.22. The lowest BCUT2D eigenvalue weighted by molar-refractivity contribution is -0.141. The lowest BCUT2D eigenvalue weighted by Gasteiger charge is -2.40. The summed E-state index contributed by atoms with van der Waals surface area (Å²) in [5.74, 6) is -0.113. The number of hydrogen-bond donors (Lipinski definition) is 2. The molecule has 0 bridgehead atoms. The van der Waals surface area contributed by atoms with Gasteiger partial charge in [0.2, 0.25) is 0 Å². The Hall–Kier alpha value is -1.30. The van der Waals surface area contributed by atoms with E-state index in [0.717, 1.165) is 24.0 Å². The van der Waals surface area contributed by atoms with Gasteiger partial charge in [0.1, 0.15) is 11.9 Å². The summed E-state index contributed by atoms with van der Waals surface area (Å²) in [5, 5.41) is 20.7. The maximum absolute atomic E-state index is 12.7. The molecule has 0 radical (unpaired) electrons. The fourth-order valence-corrected chi connectivity index (χ4v) is 4.62. The second-order valence-electron chi connectivity index (χ2n) is 7.81. The topological polar surface area (TPSA) is 64.0 Å². The van der Waals surface area contributed by atoms with Crippen LogP contribution < -0.4 is 0 Å². The van der Waals surface area contributed by atoms with Gasteiger partial charge in [-0.15, -0.1) is 0 Å². The van der Waals surface area contributed by atoms with Crippen molar-refractivity contribution in [1.82, 2.24) is 9.80 Å². The molecule has 2 N–H and O–H groups in total. The Morgan fingerprint density at radius 3 is 2.48 bits per heavy atom. The quantitative estimate of drug-likeness (QED) is 0.805. The Kier molecular flexibility index (Phi) is 7.01. The van der Waals surface area contributed by atoms with Gasteiger partial charge in [0, 0.05) is 25.6 Å². The summed E-state index contributed by atoms with van der Waals surface area (Å²) in [6.45, 7) is 5.73. The van der Waals surface area contributed by atoms with Crippen molar-refractivity contribution in [2.24, 2.45) is 0 Å². The Bertz CT molecular complexity index is 653. The van der Waals surface area contributed by atoms with E-state index in [1.165, 1.54) is 32.4 Å². The van der Waals surface area contributed by atoms with Crippen LogP contribution >= 0.6 is 11.6 Å². The Labute approximate surface area is 166 Å². The zero-order valence-corrected chi connectivity index (χ0v) is 16.9. The van der Waals surface area contributed by atoms with Crippen molar-refractivity contribution >= 4 is 17.5 Å². The zero-order chi connectivity index (χ0) is 19.4. The van der Waals surface area contributed by atoms with Gasteiger partial charge in [-0.1, -0.05) is 31.0 Å². The van der Waals surface area contributed by atoms with Crippen molar-refractivity contribution in [2.75, 3.05) is 26.2 Å². The fraction of sp³-hybridized carbons (Fsp3) is 0.667. The van der Waals surface area contributed by atoms with Crippen molar-refractivity contribution in [1.29, 1.82) is 0 Å². The first kappa shape index (κ1) is 20.4. The van der Waals surface area contributed by atoms with E-state index in [1.54, 1.807) is 11.0 Å². The number of amides is 1. The van der Waals surface area contributed by atoms with Crippen molar-refractivity contribution < 1.29 is 15.0 Å². The summed E-state index contributed by atoms with van der Waals surface area (Å²) < 4.78 is 0. The Morgan fingerprint density at radius 1 is 1.19 bits per heavy atom. The molecule has 3 rings (SSSR count). The highest BCUT2D eigenvalue weighted by atomic mass is 35.5. The van der Waals surface area contributed by atoms with Gasteiger partial charge in [0.05, 0.1) is 5.02 Å². The second kappa shape index (κ2) is 9.26. The van der Waals surface area contributed by atoms with Crippen molar-refractivity contribution in [3.63, 3.8) is 0 Å². The summed E-state index contributed by atoms with van der Waals surface area (Å²) in [5.41, 5.74) is 1.51. The van der Waals surface area contributed by atoms with Crippen molar-refractivity contribution in [3.8, 4) is 5.75 Å². The molecule has 2 aliphatic rings. The molecule has 0 spiro atoms. The number of halogens is 1. The average molecular weight is 395 g/mol. The highest BCUT2D eigenvalue weighted by Crippen LogP contribution is 2.30. The fourth-order valence-electron chi connectivity index (χ4n) is 4.36. The third-order valence-electron chi connectivity index (χ3n) is 5.98. The molecule has 2 saturated heterocycles. The first-order chi connectivity index (χ1) is 13.0. The van der Waals surface area contributed by atoms with Gasteiger partial charge in [-0.3, -0.25) is 4.79 Å². The molecule has 1 amide bonds. The molecule has 6 heteroatoms. The number of aromatic hydroxyl groups is 1. The van der Waals surface area contributed by atoms with Crippen LogP contribution in [0.15, 0.2) is 12.1 Å². The number of carbonyl (C=O) groups is 1. The summed E-state index contributed by atoms with van der Waals surface area (Å²) in [6.07, 6.45) is 5.68. The highest BCUT2D eigenvalue weighted by Gasteiger charge is 2.30. The molecule has 0 aliphatic carbocycles. The molecule has 0 saturated carbocycles. The lowest BCUT2D eigenvalue weighted by atomic mass is 9.98. The number of piperidine rings is 2. The number of nitrogens with zero attached hydrogens (tertiary/aromatic N) is 2. The summed E-state index contributed by atoms with van der Waals surface area (Å²) in [7, 11) is 0. The van der Waals surface area contributed by atoms with Crippen LogP contribution in [0.5, 0.6) is 5.75 Å². The van der Waals surface area contributed by atoms with Gasteiger partial charge in [-0.2, -0.15) is 0 Å². The third-order valence-corrected chi connectivity index (χ3v) is 6.27. The van der Waals surface area contributed by atoms with Gasteiger partial charge in [-0.25, -0.2) is 0 Å². The monoisotopic (exact) mass is 394 g/mol. The van der Waals surface area contributed by atoms with Crippen LogP contribution in [0.4, 0.5) is 0 Å². The summed E-state index contributed by atoms with van der Waals surface area (Å²) >= 11 is 6.07. The minimum absolute atomic E-state index is 0.0866. The van der Waals surface area contributed by atoms with E-state index in [1.807, 2.05) is 13.0 Å². The van der Waals surface area contributed by atoms with Gasteiger partial charge in [0.15, 0.2) is 0 Å². The SMILES string of the molecule is CCc1cc(C[C@@H](O)C(=O)N2CCC(N3CCCCC3)CC2)cc(Cl)c1O. The maximum atomic E-state index is 12.7. The molecule has 2 heterocycles.